The number of rotatable bonds is 2. The van der Waals surface area contributed by atoms with Crippen LogP contribution in [0.25, 0.3) is 0 Å². The molecule has 0 saturated carbocycles. The van der Waals surface area contributed by atoms with Gasteiger partial charge in [0.15, 0.2) is 23.0 Å². The van der Waals surface area contributed by atoms with Gasteiger partial charge >= 0.3 is 11.9 Å². The van der Waals surface area contributed by atoms with Crippen molar-refractivity contribution in [1.29, 1.82) is 0 Å². The van der Waals surface area contributed by atoms with Crippen molar-refractivity contribution in [3.63, 3.8) is 0 Å². The smallest absolute Gasteiger partial charge is 0.337 e. The Morgan fingerprint density at radius 1 is 0.783 bits per heavy atom. The van der Waals surface area contributed by atoms with Crippen molar-refractivity contribution >= 4 is 11.9 Å². The van der Waals surface area contributed by atoms with Crippen LogP contribution in [0.2, 0.25) is 0 Å². The molecule has 2 rings (SSSR count). The molecule has 0 radical (unpaired) electrons. The number of carbonyl (C=O) groups excluding carboxylic acids is 1. The number of aromatic carboxylic acids is 1. The van der Waals surface area contributed by atoms with E-state index in [-0.39, 0.29) is 28.4 Å². The fourth-order valence-electron chi connectivity index (χ4n) is 1.42. The second kappa shape index (κ2) is 7.55. The summed E-state index contributed by atoms with van der Waals surface area (Å²) in [6, 6.07) is 7.04. The van der Waals surface area contributed by atoms with Gasteiger partial charge in [-0.1, -0.05) is 0 Å². The molecule has 2 aromatic carbocycles. The molecule has 0 fully saturated rings. The van der Waals surface area contributed by atoms with Crippen LogP contribution in [0.3, 0.4) is 0 Å². The van der Waals surface area contributed by atoms with E-state index >= 15 is 0 Å². The number of benzene rings is 2. The first-order valence-electron chi connectivity index (χ1n) is 6.11. The lowest BCUT2D eigenvalue weighted by atomic mass is 10.2. The Morgan fingerprint density at radius 2 is 1.22 bits per heavy atom. The lowest BCUT2D eigenvalue weighted by Crippen LogP contribution is -2.00. The van der Waals surface area contributed by atoms with E-state index in [2.05, 4.69) is 4.74 Å². The monoisotopic (exact) mass is 322 g/mol. The second-order valence-electron chi connectivity index (χ2n) is 4.20. The van der Waals surface area contributed by atoms with Crippen molar-refractivity contribution in [2.45, 2.75) is 0 Å². The maximum absolute atomic E-state index is 10.9. The number of carbonyl (C=O) groups is 2. The standard InChI is InChI=1S/C8H8O4.C7H6O4/c1-12-8(11)5-2-3-6(9)7(10)4-5;8-5-2-1-4(7(10)11)3-6(5)9/h2-4,9-10H,1H3;1-3,8-9H,(H,10,11). The molecular formula is C15H14O8. The van der Waals surface area contributed by atoms with Gasteiger partial charge in [0.2, 0.25) is 0 Å². The molecule has 0 saturated heterocycles. The Kier molecular flexibility index (Phi) is 5.79. The van der Waals surface area contributed by atoms with Gasteiger partial charge in [-0.2, -0.15) is 0 Å². The molecule has 5 N–H and O–H groups in total. The molecular weight excluding hydrogens is 308 g/mol. The van der Waals surface area contributed by atoms with Crippen LogP contribution in [0.15, 0.2) is 36.4 Å². The molecule has 122 valence electrons. The number of carboxylic acids is 1. The van der Waals surface area contributed by atoms with Crippen LogP contribution in [0.5, 0.6) is 23.0 Å². The molecule has 2 aromatic rings. The maximum Gasteiger partial charge on any atom is 0.337 e. The van der Waals surface area contributed by atoms with Crippen LogP contribution < -0.4 is 0 Å². The molecule has 0 aromatic heterocycles. The molecule has 0 unspecified atom stereocenters. The zero-order valence-corrected chi connectivity index (χ0v) is 11.9. The summed E-state index contributed by atoms with van der Waals surface area (Å²) < 4.78 is 4.40. The zero-order chi connectivity index (χ0) is 17.6. The maximum atomic E-state index is 10.9. The van der Waals surface area contributed by atoms with E-state index in [0.29, 0.717) is 0 Å². The van der Waals surface area contributed by atoms with E-state index in [4.69, 9.17) is 25.5 Å². The van der Waals surface area contributed by atoms with E-state index in [1.165, 1.54) is 25.3 Å². The number of carboxylic acid groups (broad SMARTS) is 1. The first-order chi connectivity index (χ1) is 10.8. The fraction of sp³-hybridized carbons (Fsp3) is 0.0667. The van der Waals surface area contributed by atoms with Gasteiger partial charge in [-0.25, -0.2) is 9.59 Å². The van der Waals surface area contributed by atoms with Gasteiger partial charge in [0, 0.05) is 0 Å². The van der Waals surface area contributed by atoms with Crippen LogP contribution in [0.4, 0.5) is 0 Å². The summed E-state index contributed by atoms with van der Waals surface area (Å²) in [5.74, 6) is -3.04. The van der Waals surface area contributed by atoms with Crippen LogP contribution in [-0.2, 0) is 4.74 Å². The second-order valence-corrected chi connectivity index (χ2v) is 4.20. The Bertz CT molecular complexity index is 723. The van der Waals surface area contributed by atoms with Crippen molar-refractivity contribution in [2.24, 2.45) is 0 Å². The van der Waals surface area contributed by atoms with E-state index in [9.17, 15) is 9.59 Å². The first-order valence-corrected chi connectivity index (χ1v) is 6.11. The van der Waals surface area contributed by atoms with Gasteiger partial charge in [-0.05, 0) is 36.4 Å². The molecule has 8 heteroatoms. The molecule has 23 heavy (non-hydrogen) atoms. The lowest BCUT2D eigenvalue weighted by molar-refractivity contribution is 0.0599. The first kappa shape index (κ1) is 17.6. The zero-order valence-electron chi connectivity index (χ0n) is 11.9. The summed E-state index contributed by atoms with van der Waals surface area (Å²) in [7, 11) is 1.24. The number of hydrogen-bond donors (Lipinski definition) is 5. The highest BCUT2D eigenvalue weighted by Crippen LogP contribution is 2.25. The highest BCUT2D eigenvalue weighted by atomic mass is 16.5. The molecule has 0 aliphatic heterocycles. The van der Waals surface area contributed by atoms with Crippen molar-refractivity contribution in [3.8, 4) is 23.0 Å². The largest absolute Gasteiger partial charge is 0.504 e. The van der Waals surface area contributed by atoms with Gasteiger partial charge < -0.3 is 30.3 Å². The molecule has 0 heterocycles. The fourth-order valence-corrected chi connectivity index (χ4v) is 1.42. The molecule has 0 bridgehead atoms. The SMILES string of the molecule is COC(=O)c1ccc(O)c(O)c1.O=C(O)c1ccc(O)c(O)c1. The van der Waals surface area contributed by atoms with E-state index in [1.54, 1.807) is 0 Å². The Balaban J connectivity index is 0.000000231. The van der Waals surface area contributed by atoms with Crippen molar-refractivity contribution in [1.82, 2.24) is 0 Å². The number of phenols is 4. The number of hydrogen-bond acceptors (Lipinski definition) is 7. The van der Waals surface area contributed by atoms with Crippen LogP contribution in [0, 0.1) is 0 Å². The minimum absolute atomic E-state index is 0.0553. The number of phenolic OH excluding ortho intramolecular Hbond substituents is 4. The molecule has 0 aliphatic carbocycles. The van der Waals surface area contributed by atoms with E-state index in [0.717, 1.165) is 18.2 Å². The minimum atomic E-state index is -1.14. The third-order valence-corrected chi connectivity index (χ3v) is 2.62. The summed E-state index contributed by atoms with van der Waals surface area (Å²) in [6.07, 6.45) is 0. The van der Waals surface area contributed by atoms with Crippen LogP contribution >= 0.6 is 0 Å². The number of methoxy groups -OCH3 is 1. The van der Waals surface area contributed by atoms with Gasteiger partial charge in [0.05, 0.1) is 18.2 Å². The highest BCUT2D eigenvalue weighted by molar-refractivity contribution is 5.90. The predicted molar refractivity (Wildman–Crippen MR) is 77.8 cm³/mol. The topological polar surface area (TPSA) is 145 Å². The Labute approximate surface area is 130 Å². The van der Waals surface area contributed by atoms with Gasteiger partial charge in [0.25, 0.3) is 0 Å². The predicted octanol–water partition coefficient (Wildman–Crippen LogP) is 1.68. The number of ether oxygens (including phenoxy) is 1. The third kappa shape index (κ3) is 4.81. The summed E-state index contributed by atoms with van der Waals surface area (Å²) in [5.41, 5.74) is 0.146. The van der Waals surface area contributed by atoms with E-state index in [1.807, 2.05) is 0 Å². The van der Waals surface area contributed by atoms with Gasteiger partial charge in [-0.3, -0.25) is 0 Å². The summed E-state index contributed by atoms with van der Waals surface area (Å²) in [6.45, 7) is 0. The van der Waals surface area contributed by atoms with Crippen molar-refractivity contribution < 1.29 is 39.9 Å². The summed E-state index contributed by atoms with van der Waals surface area (Å²) in [5, 5.41) is 43.9. The van der Waals surface area contributed by atoms with Gasteiger partial charge in [0.1, 0.15) is 0 Å². The van der Waals surface area contributed by atoms with E-state index < -0.39 is 17.7 Å². The van der Waals surface area contributed by atoms with Crippen molar-refractivity contribution in [3.05, 3.63) is 47.5 Å². The number of esters is 1. The molecule has 0 spiro atoms. The third-order valence-electron chi connectivity index (χ3n) is 2.62. The van der Waals surface area contributed by atoms with Crippen LogP contribution in [-0.4, -0.2) is 44.6 Å². The van der Waals surface area contributed by atoms with Crippen LogP contribution in [0.1, 0.15) is 20.7 Å². The molecule has 0 amide bonds. The average Bonchev–Trinajstić information content (AvgIpc) is 2.52. The van der Waals surface area contributed by atoms with Gasteiger partial charge in [-0.15, -0.1) is 0 Å². The number of aromatic hydroxyl groups is 4. The quantitative estimate of drug-likeness (QED) is 0.415. The molecule has 0 aliphatic rings. The average molecular weight is 322 g/mol. The summed E-state index contributed by atoms with van der Waals surface area (Å²) in [4.78, 5) is 21.1. The lowest BCUT2D eigenvalue weighted by Gasteiger charge is -2.00. The Hall–Kier alpha value is -3.42. The molecule has 8 nitrogen and oxygen atoms in total. The highest BCUT2D eigenvalue weighted by Gasteiger charge is 2.07. The summed E-state index contributed by atoms with van der Waals surface area (Å²) >= 11 is 0. The Morgan fingerprint density at radius 3 is 1.61 bits per heavy atom. The molecule has 0 atom stereocenters. The van der Waals surface area contributed by atoms with Crippen molar-refractivity contribution in [2.75, 3.05) is 7.11 Å². The minimum Gasteiger partial charge on any atom is -0.504 e. The normalized spacial score (nSPS) is 9.43.